The Morgan fingerprint density at radius 2 is 2.25 bits per heavy atom. The molecule has 0 saturated heterocycles. The number of rotatable bonds is 7. The normalized spacial score (nSPS) is 11.0. The third kappa shape index (κ3) is 4.03. The monoisotopic (exact) mass is 228 g/mol. The van der Waals surface area contributed by atoms with Crippen LogP contribution in [0.2, 0.25) is 0 Å². The number of hydrogen-bond donors (Lipinski definition) is 2. The number of nitrogens with one attached hydrogen (secondary N) is 1. The average molecular weight is 228 g/mol. The molecule has 0 aliphatic carbocycles. The SMILES string of the molecule is COCCNc1nc(N)n(CCN(C)C)n1. The van der Waals surface area contributed by atoms with Gasteiger partial charge < -0.3 is 20.7 Å². The highest BCUT2D eigenvalue weighted by molar-refractivity contribution is 5.31. The number of aromatic nitrogens is 3. The Kier molecular flexibility index (Phi) is 5.00. The quantitative estimate of drug-likeness (QED) is 0.611. The minimum atomic E-state index is 0.432. The highest BCUT2D eigenvalue weighted by atomic mass is 16.5. The van der Waals surface area contributed by atoms with Crippen LogP contribution in [0.3, 0.4) is 0 Å². The minimum absolute atomic E-state index is 0.432. The third-order valence-corrected chi connectivity index (χ3v) is 2.05. The van der Waals surface area contributed by atoms with Crippen molar-refractivity contribution in [1.82, 2.24) is 19.7 Å². The van der Waals surface area contributed by atoms with Crippen molar-refractivity contribution in [2.75, 3.05) is 52.0 Å². The number of methoxy groups -OCH3 is 1. The van der Waals surface area contributed by atoms with Crippen LogP contribution in [0.15, 0.2) is 0 Å². The first kappa shape index (κ1) is 12.7. The van der Waals surface area contributed by atoms with Gasteiger partial charge in [-0.25, -0.2) is 4.68 Å². The van der Waals surface area contributed by atoms with Gasteiger partial charge in [0.25, 0.3) is 0 Å². The minimum Gasteiger partial charge on any atom is -0.383 e. The van der Waals surface area contributed by atoms with Crippen LogP contribution in [-0.4, -0.2) is 60.6 Å². The van der Waals surface area contributed by atoms with Gasteiger partial charge in [-0.2, -0.15) is 4.98 Å². The van der Waals surface area contributed by atoms with Crippen molar-refractivity contribution in [3.63, 3.8) is 0 Å². The van der Waals surface area contributed by atoms with E-state index in [-0.39, 0.29) is 0 Å². The molecule has 3 N–H and O–H groups in total. The molecule has 0 bridgehead atoms. The largest absolute Gasteiger partial charge is 0.383 e. The summed E-state index contributed by atoms with van der Waals surface area (Å²) in [5.41, 5.74) is 5.73. The maximum absolute atomic E-state index is 5.73. The fourth-order valence-electron chi connectivity index (χ4n) is 1.15. The van der Waals surface area contributed by atoms with Crippen molar-refractivity contribution in [2.45, 2.75) is 6.54 Å². The standard InChI is InChI=1S/C9H20N6O/c1-14(2)5-6-15-8(10)12-9(13-15)11-4-7-16-3/h4-7H2,1-3H3,(H3,10,11,12,13). The Balaban J connectivity index is 2.46. The van der Waals surface area contributed by atoms with Crippen LogP contribution in [0.4, 0.5) is 11.9 Å². The maximum atomic E-state index is 5.73. The van der Waals surface area contributed by atoms with E-state index in [0.29, 0.717) is 25.0 Å². The smallest absolute Gasteiger partial charge is 0.244 e. The number of ether oxygens (including phenoxy) is 1. The van der Waals surface area contributed by atoms with E-state index in [4.69, 9.17) is 10.5 Å². The molecule has 1 aromatic heterocycles. The second-order valence-corrected chi connectivity index (χ2v) is 3.74. The van der Waals surface area contributed by atoms with Crippen LogP contribution in [0.5, 0.6) is 0 Å². The molecule has 0 atom stereocenters. The van der Waals surface area contributed by atoms with Gasteiger partial charge in [-0.3, -0.25) is 0 Å². The molecule has 7 heteroatoms. The van der Waals surface area contributed by atoms with Crippen LogP contribution in [-0.2, 0) is 11.3 Å². The molecule has 0 saturated carbocycles. The Morgan fingerprint density at radius 1 is 1.50 bits per heavy atom. The first-order valence-electron chi connectivity index (χ1n) is 5.21. The van der Waals surface area contributed by atoms with Gasteiger partial charge in [0.15, 0.2) is 0 Å². The molecule has 1 rings (SSSR count). The van der Waals surface area contributed by atoms with Crippen molar-refractivity contribution in [3.05, 3.63) is 0 Å². The van der Waals surface area contributed by atoms with Gasteiger partial charge in [-0.15, -0.1) is 5.10 Å². The van der Waals surface area contributed by atoms with Gasteiger partial charge in [-0.1, -0.05) is 0 Å². The molecular weight excluding hydrogens is 208 g/mol. The number of nitrogens with zero attached hydrogens (tertiary/aromatic N) is 4. The second-order valence-electron chi connectivity index (χ2n) is 3.74. The Bertz CT molecular complexity index is 311. The van der Waals surface area contributed by atoms with Gasteiger partial charge in [0, 0.05) is 20.2 Å². The molecule has 0 amide bonds. The summed E-state index contributed by atoms with van der Waals surface area (Å²) in [4.78, 5) is 6.17. The Labute approximate surface area is 95.6 Å². The Hall–Kier alpha value is -1.34. The first-order chi connectivity index (χ1) is 7.63. The highest BCUT2D eigenvalue weighted by Gasteiger charge is 2.05. The van der Waals surface area contributed by atoms with Crippen molar-refractivity contribution in [3.8, 4) is 0 Å². The predicted molar refractivity (Wildman–Crippen MR) is 63.4 cm³/mol. The average Bonchev–Trinajstić information content (AvgIpc) is 2.57. The van der Waals surface area contributed by atoms with E-state index < -0.39 is 0 Å². The lowest BCUT2D eigenvalue weighted by Crippen LogP contribution is -2.20. The van der Waals surface area contributed by atoms with Crippen molar-refractivity contribution >= 4 is 11.9 Å². The number of likely N-dealkylation sites (N-methyl/N-ethyl adjacent to an activating group) is 1. The van der Waals surface area contributed by atoms with Gasteiger partial charge in [0.2, 0.25) is 11.9 Å². The third-order valence-electron chi connectivity index (χ3n) is 2.05. The van der Waals surface area contributed by atoms with E-state index in [1.54, 1.807) is 11.8 Å². The number of nitrogens with two attached hydrogens (primary N) is 1. The lowest BCUT2D eigenvalue weighted by Gasteiger charge is -2.09. The zero-order chi connectivity index (χ0) is 12.0. The van der Waals surface area contributed by atoms with Crippen LogP contribution in [0.25, 0.3) is 0 Å². The highest BCUT2D eigenvalue weighted by Crippen LogP contribution is 2.04. The Morgan fingerprint density at radius 3 is 2.88 bits per heavy atom. The molecule has 7 nitrogen and oxygen atoms in total. The van der Waals surface area contributed by atoms with Crippen molar-refractivity contribution in [2.24, 2.45) is 0 Å². The van der Waals surface area contributed by atoms with E-state index >= 15 is 0 Å². The van der Waals surface area contributed by atoms with Crippen LogP contribution < -0.4 is 11.1 Å². The van der Waals surface area contributed by atoms with Gasteiger partial charge in [-0.05, 0) is 14.1 Å². The fraction of sp³-hybridized carbons (Fsp3) is 0.778. The van der Waals surface area contributed by atoms with Gasteiger partial charge >= 0.3 is 0 Å². The molecule has 0 spiro atoms. The van der Waals surface area contributed by atoms with Gasteiger partial charge in [0.1, 0.15) is 0 Å². The summed E-state index contributed by atoms with van der Waals surface area (Å²) in [5, 5.41) is 7.27. The number of hydrogen-bond acceptors (Lipinski definition) is 6. The molecule has 0 aromatic carbocycles. The maximum Gasteiger partial charge on any atom is 0.244 e. The van der Waals surface area contributed by atoms with Crippen LogP contribution in [0, 0.1) is 0 Å². The molecule has 92 valence electrons. The zero-order valence-electron chi connectivity index (χ0n) is 10.1. The molecule has 0 unspecified atom stereocenters. The first-order valence-corrected chi connectivity index (χ1v) is 5.21. The van der Waals surface area contributed by atoms with Crippen LogP contribution >= 0.6 is 0 Å². The molecular formula is C9H20N6O. The molecule has 1 heterocycles. The molecule has 1 aromatic rings. The topological polar surface area (TPSA) is 81.2 Å². The summed E-state index contributed by atoms with van der Waals surface area (Å²) in [6.45, 7) is 2.91. The van der Waals surface area contributed by atoms with Crippen LogP contribution in [0.1, 0.15) is 0 Å². The van der Waals surface area contributed by atoms with E-state index in [1.165, 1.54) is 0 Å². The fourth-order valence-corrected chi connectivity index (χ4v) is 1.15. The van der Waals surface area contributed by atoms with Crippen molar-refractivity contribution < 1.29 is 4.74 Å². The summed E-state index contributed by atoms with van der Waals surface area (Å²) in [6.07, 6.45) is 0. The number of nitrogen functional groups attached to an aromatic ring is 1. The summed E-state index contributed by atoms with van der Waals surface area (Å²) in [7, 11) is 5.66. The summed E-state index contributed by atoms with van der Waals surface area (Å²) in [5.74, 6) is 0.982. The van der Waals surface area contributed by atoms with Gasteiger partial charge in [0.05, 0.1) is 13.2 Å². The zero-order valence-corrected chi connectivity index (χ0v) is 10.1. The summed E-state index contributed by atoms with van der Waals surface area (Å²) >= 11 is 0. The molecule has 0 radical (unpaired) electrons. The van der Waals surface area contributed by atoms with E-state index in [0.717, 1.165) is 13.1 Å². The summed E-state index contributed by atoms with van der Waals surface area (Å²) < 4.78 is 6.61. The lowest BCUT2D eigenvalue weighted by molar-refractivity contribution is 0.210. The molecule has 0 fully saturated rings. The van der Waals surface area contributed by atoms with Crippen molar-refractivity contribution in [1.29, 1.82) is 0 Å². The second kappa shape index (κ2) is 6.29. The van der Waals surface area contributed by atoms with E-state index in [1.807, 2.05) is 14.1 Å². The molecule has 0 aliphatic heterocycles. The molecule has 16 heavy (non-hydrogen) atoms. The van der Waals surface area contributed by atoms with E-state index in [2.05, 4.69) is 20.3 Å². The summed E-state index contributed by atoms with van der Waals surface area (Å²) in [6, 6.07) is 0. The number of anilines is 2. The predicted octanol–water partition coefficient (Wildman–Crippen LogP) is -0.520. The lowest BCUT2D eigenvalue weighted by atomic mass is 10.6. The van der Waals surface area contributed by atoms with E-state index in [9.17, 15) is 0 Å². The molecule has 0 aliphatic rings.